The molecule has 1 aromatic carbocycles. The van der Waals surface area contributed by atoms with Gasteiger partial charge in [0.25, 0.3) is 11.8 Å². The zero-order chi connectivity index (χ0) is 22.2. The van der Waals surface area contributed by atoms with E-state index in [4.69, 9.17) is 14.0 Å². The lowest BCUT2D eigenvalue weighted by Crippen LogP contribution is -2.68. The Hall–Kier alpha value is -3.27. The van der Waals surface area contributed by atoms with Crippen molar-refractivity contribution in [1.29, 1.82) is 0 Å². The van der Waals surface area contributed by atoms with Crippen LogP contribution in [-0.4, -0.2) is 58.7 Å². The predicted octanol–water partition coefficient (Wildman–Crippen LogP) is 1.86. The van der Waals surface area contributed by atoms with Crippen LogP contribution in [0.1, 0.15) is 54.7 Å². The van der Waals surface area contributed by atoms with Crippen LogP contribution < -0.4 is 4.90 Å². The molecule has 2 aliphatic heterocycles. The van der Waals surface area contributed by atoms with Crippen molar-refractivity contribution < 1.29 is 28.4 Å². The van der Waals surface area contributed by atoms with Crippen molar-refractivity contribution in [3.05, 3.63) is 41.5 Å². The fraction of sp³-hybridized carbons (Fsp3) is 0.476. The summed E-state index contributed by atoms with van der Waals surface area (Å²) in [5.41, 5.74) is -0.821. The molecule has 10 nitrogen and oxygen atoms in total. The first-order chi connectivity index (χ1) is 14.9. The molecule has 3 heterocycles. The van der Waals surface area contributed by atoms with Crippen molar-refractivity contribution in [2.75, 3.05) is 25.2 Å². The van der Waals surface area contributed by atoms with Crippen LogP contribution in [0.3, 0.4) is 0 Å². The van der Waals surface area contributed by atoms with E-state index in [1.807, 2.05) is 13.8 Å². The van der Waals surface area contributed by atoms with Gasteiger partial charge in [0, 0.05) is 32.4 Å². The Balaban J connectivity index is 1.69. The number of esters is 1. The standard InChI is InChI=1S/C21H24N4O6/c1-13(2)18-22-16(31-23-18)12-30-20(28)21-9-8-17(26)25(21)15-7-5-4-6-14(15)19(27)24(21)10-11-29-3/h4-7,13H,8-12H2,1-3H3. The summed E-state index contributed by atoms with van der Waals surface area (Å²) in [5, 5.41) is 3.86. The number of benzene rings is 1. The molecule has 2 aromatic rings. The first-order valence-electron chi connectivity index (χ1n) is 10.1. The largest absolute Gasteiger partial charge is 0.452 e. The Kier molecular flexibility index (Phi) is 5.48. The number of rotatable bonds is 7. The third-order valence-electron chi connectivity index (χ3n) is 5.55. The van der Waals surface area contributed by atoms with E-state index in [9.17, 15) is 14.4 Å². The number of carbonyl (C=O) groups is 3. The number of carbonyl (C=O) groups excluding carboxylic acids is 3. The van der Waals surface area contributed by atoms with E-state index in [0.717, 1.165) is 0 Å². The van der Waals surface area contributed by atoms with Crippen LogP contribution in [-0.2, 0) is 25.7 Å². The minimum Gasteiger partial charge on any atom is -0.452 e. The number of aromatic nitrogens is 2. The minimum atomic E-state index is -1.58. The molecule has 31 heavy (non-hydrogen) atoms. The van der Waals surface area contributed by atoms with Gasteiger partial charge in [0.05, 0.1) is 17.9 Å². The van der Waals surface area contributed by atoms with Crippen LogP contribution in [0.15, 0.2) is 28.8 Å². The molecule has 164 valence electrons. The minimum absolute atomic E-state index is 0.0618. The van der Waals surface area contributed by atoms with Crippen molar-refractivity contribution in [3.63, 3.8) is 0 Å². The van der Waals surface area contributed by atoms with Crippen molar-refractivity contribution in [3.8, 4) is 0 Å². The van der Waals surface area contributed by atoms with E-state index in [1.165, 1.54) is 16.9 Å². The van der Waals surface area contributed by atoms with Crippen LogP contribution >= 0.6 is 0 Å². The Labute approximate surface area is 179 Å². The zero-order valence-electron chi connectivity index (χ0n) is 17.7. The molecule has 0 saturated carbocycles. The van der Waals surface area contributed by atoms with Crippen LogP contribution in [0, 0.1) is 0 Å². The molecule has 2 aliphatic rings. The molecule has 0 spiro atoms. The lowest BCUT2D eigenvalue weighted by Gasteiger charge is -2.48. The topological polar surface area (TPSA) is 115 Å². The zero-order valence-corrected chi connectivity index (χ0v) is 17.7. The van der Waals surface area contributed by atoms with Gasteiger partial charge in [0.1, 0.15) is 0 Å². The highest BCUT2D eigenvalue weighted by Crippen LogP contribution is 2.45. The molecular weight excluding hydrogens is 404 g/mol. The fourth-order valence-corrected chi connectivity index (χ4v) is 4.04. The highest BCUT2D eigenvalue weighted by molar-refractivity contribution is 6.15. The highest BCUT2D eigenvalue weighted by Gasteiger charge is 2.61. The SMILES string of the molecule is COCCN1C(=O)c2ccccc2N2C(=O)CCC12C(=O)OCc1nc(C(C)C)no1. The third-order valence-corrected chi connectivity index (χ3v) is 5.55. The molecular formula is C21H24N4O6. The molecule has 1 saturated heterocycles. The Morgan fingerprint density at radius 1 is 1.29 bits per heavy atom. The van der Waals surface area contributed by atoms with Crippen LogP contribution in [0.25, 0.3) is 0 Å². The number of nitrogens with zero attached hydrogens (tertiary/aromatic N) is 4. The maximum absolute atomic E-state index is 13.4. The monoisotopic (exact) mass is 428 g/mol. The van der Waals surface area contributed by atoms with Gasteiger partial charge in [-0.25, -0.2) is 4.79 Å². The third kappa shape index (κ3) is 3.36. The summed E-state index contributed by atoms with van der Waals surface area (Å²) < 4.78 is 15.8. The van der Waals surface area contributed by atoms with E-state index in [2.05, 4.69) is 10.1 Å². The Bertz CT molecular complexity index is 1020. The van der Waals surface area contributed by atoms with Gasteiger partial charge in [-0.2, -0.15) is 4.98 Å². The van der Waals surface area contributed by atoms with Gasteiger partial charge in [-0.1, -0.05) is 31.1 Å². The average Bonchev–Trinajstić information content (AvgIpc) is 3.38. The molecule has 1 atom stereocenters. The lowest BCUT2D eigenvalue weighted by atomic mass is 9.96. The predicted molar refractivity (Wildman–Crippen MR) is 107 cm³/mol. The lowest BCUT2D eigenvalue weighted by molar-refractivity contribution is -0.159. The summed E-state index contributed by atoms with van der Waals surface area (Å²) in [4.78, 5) is 46.6. The molecule has 0 aliphatic carbocycles. The Morgan fingerprint density at radius 2 is 2.06 bits per heavy atom. The van der Waals surface area contributed by atoms with E-state index in [0.29, 0.717) is 17.1 Å². The van der Waals surface area contributed by atoms with E-state index >= 15 is 0 Å². The summed E-state index contributed by atoms with van der Waals surface area (Å²) in [6.45, 7) is 3.91. The number of fused-ring (bicyclic) bond motifs is 3. The molecule has 4 rings (SSSR count). The van der Waals surface area contributed by atoms with Crippen LogP contribution in [0.5, 0.6) is 0 Å². The second-order valence-corrected chi connectivity index (χ2v) is 7.79. The van der Waals surface area contributed by atoms with Gasteiger partial charge < -0.3 is 18.9 Å². The molecule has 0 radical (unpaired) electrons. The normalized spacial score (nSPS) is 20.3. The van der Waals surface area contributed by atoms with E-state index < -0.39 is 11.6 Å². The summed E-state index contributed by atoms with van der Waals surface area (Å²) in [7, 11) is 1.51. The number of amides is 2. The van der Waals surface area contributed by atoms with Crippen molar-refractivity contribution >= 4 is 23.5 Å². The first kappa shape index (κ1) is 21.0. The summed E-state index contributed by atoms with van der Waals surface area (Å²) in [6, 6.07) is 6.76. The summed E-state index contributed by atoms with van der Waals surface area (Å²) in [6.07, 6.45) is 0.230. The van der Waals surface area contributed by atoms with Crippen LogP contribution in [0.2, 0.25) is 0 Å². The number of hydrogen-bond donors (Lipinski definition) is 0. The number of methoxy groups -OCH3 is 1. The molecule has 1 unspecified atom stereocenters. The molecule has 0 bridgehead atoms. The molecule has 0 N–H and O–H groups in total. The molecule has 1 fully saturated rings. The number of hydrogen-bond acceptors (Lipinski definition) is 8. The first-order valence-corrected chi connectivity index (χ1v) is 10.1. The van der Waals surface area contributed by atoms with E-state index in [-0.39, 0.29) is 56.2 Å². The number of ether oxygens (including phenoxy) is 2. The quantitative estimate of drug-likeness (QED) is 0.614. The van der Waals surface area contributed by atoms with Crippen molar-refractivity contribution in [1.82, 2.24) is 15.0 Å². The van der Waals surface area contributed by atoms with Crippen molar-refractivity contribution in [2.24, 2.45) is 0 Å². The van der Waals surface area contributed by atoms with E-state index in [1.54, 1.807) is 24.3 Å². The van der Waals surface area contributed by atoms with Gasteiger partial charge in [-0.15, -0.1) is 0 Å². The maximum Gasteiger partial charge on any atom is 0.354 e. The van der Waals surface area contributed by atoms with Gasteiger partial charge in [0.2, 0.25) is 11.6 Å². The van der Waals surface area contributed by atoms with Gasteiger partial charge in [-0.3, -0.25) is 14.5 Å². The summed E-state index contributed by atoms with van der Waals surface area (Å²) >= 11 is 0. The van der Waals surface area contributed by atoms with Crippen LogP contribution in [0.4, 0.5) is 5.69 Å². The molecule has 1 aromatic heterocycles. The highest BCUT2D eigenvalue weighted by atomic mass is 16.6. The van der Waals surface area contributed by atoms with Crippen molar-refractivity contribution in [2.45, 2.75) is 44.9 Å². The fourth-order valence-electron chi connectivity index (χ4n) is 4.04. The molecule has 2 amide bonds. The maximum atomic E-state index is 13.4. The number of para-hydroxylation sites is 1. The second kappa shape index (κ2) is 8.10. The van der Waals surface area contributed by atoms with Gasteiger partial charge in [-0.05, 0) is 12.1 Å². The van der Waals surface area contributed by atoms with Gasteiger partial charge in [0.15, 0.2) is 12.4 Å². The smallest absolute Gasteiger partial charge is 0.354 e. The van der Waals surface area contributed by atoms with Gasteiger partial charge >= 0.3 is 5.97 Å². The second-order valence-electron chi connectivity index (χ2n) is 7.79. The molecule has 10 heteroatoms. The Morgan fingerprint density at radius 3 is 2.77 bits per heavy atom. The summed E-state index contributed by atoms with van der Waals surface area (Å²) in [5.74, 6) is -0.608. The average molecular weight is 428 g/mol. The number of anilines is 1.